The summed E-state index contributed by atoms with van der Waals surface area (Å²) in [4.78, 5) is 30.0. The number of esters is 1. The van der Waals surface area contributed by atoms with Gasteiger partial charge in [-0.15, -0.1) is 0 Å². The minimum atomic E-state index is -0.556. The Morgan fingerprint density at radius 2 is 2.22 bits per heavy atom. The Bertz CT molecular complexity index is 633. The van der Waals surface area contributed by atoms with Crippen LogP contribution in [0.15, 0.2) is 29.3 Å². The lowest BCUT2D eigenvalue weighted by molar-refractivity contribution is -0.135. The highest BCUT2D eigenvalue weighted by Crippen LogP contribution is 2.28. The summed E-state index contributed by atoms with van der Waals surface area (Å²) in [6, 6.07) is 7.59. The predicted octanol–water partition coefficient (Wildman–Crippen LogP) is 0.339. The van der Waals surface area contributed by atoms with Gasteiger partial charge in [-0.3, -0.25) is 4.79 Å². The molecule has 1 N–H and O–H groups in total. The van der Waals surface area contributed by atoms with Gasteiger partial charge >= 0.3 is 5.97 Å². The first kappa shape index (κ1) is 15.3. The van der Waals surface area contributed by atoms with Crippen molar-refractivity contribution in [3.8, 4) is 5.75 Å². The van der Waals surface area contributed by atoms with Gasteiger partial charge in [-0.05, 0) is 18.6 Å². The molecule has 1 aromatic carbocycles. The fourth-order valence-electron chi connectivity index (χ4n) is 2.70. The summed E-state index contributed by atoms with van der Waals surface area (Å²) in [5.41, 5.74) is 1.02. The van der Waals surface area contributed by atoms with Crippen molar-refractivity contribution >= 4 is 17.7 Å². The first-order valence-corrected chi connectivity index (χ1v) is 7.59. The molecule has 0 aromatic heterocycles. The third-order valence-corrected chi connectivity index (χ3v) is 3.79. The highest BCUT2D eigenvalue weighted by atomic mass is 16.5. The quantitative estimate of drug-likeness (QED) is 0.810. The molecule has 2 aliphatic rings. The second kappa shape index (κ2) is 6.28. The van der Waals surface area contributed by atoms with Gasteiger partial charge in [0.15, 0.2) is 6.10 Å². The van der Waals surface area contributed by atoms with Crippen molar-refractivity contribution in [3.63, 3.8) is 0 Å². The van der Waals surface area contributed by atoms with E-state index in [0.717, 1.165) is 11.3 Å². The lowest BCUT2D eigenvalue weighted by atomic mass is 10.1. The molecular weight excluding hydrogens is 298 g/mol. The van der Waals surface area contributed by atoms with Gasteiger partial charge in [0, 0.05) is 13.5 Å². The highest BCUT2D eigenvalue weighted by Gasteiger charge is 2.33. The molecule has 0 spiro atoms. The number of amides is 1. The van der Waals surface area contributed by atoms with Crippen molar-refractivity contribution in [3.05, 3.63) is 29.8 Å². The van der Waals surface area contributed by atoms with Gasteiger partial charge in [0.05, 0.1) is 13.2 Å². The van der Waals surface area contributed by atoms with Crippen LogP contribution < -0.4 is 10.1 Å². The zero-order chi connectivity index (χ0) is 16.4. The number of benzene rings is 1. The van der Waals surface area contributed by atoms with E-state index in [1.54, 1.807) is 18.9 Å². The van der Waals surface area contributed by atoms with E-state index < -0.39 is 18.2 Å². The normalized spacial score (nSPS) is 22.2. The Hall–Kier alpha value is -2.57. The molecule has 3 rings (SSSR count). The molecule has 0 saturated heterocycles. The van der Waals surface area contributed by atoms with Gasteiger partial charge < -0.3 is 19.7 Å². The summed E-state index contributed by atoms with van der Waals surface area (Å²) < 4.78 is 10.6. The first-order valence-electron chi connectivity index (χ1n) is 7.59. The molecule has 2 aliphatic heterocycles. The van der Waals surface area contributed by atoms with E-state index in [1.807, 2.05) is 24.3 Å². The first-order chi connectivity index (χ1) is 11.1. The van der Waals surface area contributed by atoms with E-state index in [1.165, 1.54) is 0 Å². The van der Waals surface area contributed by atoms with Gasteiger partial charge in [-0.2, -0.15) is 0 Å². The van der Waals surface area contributed by atoms with Crippen LogP contribution in [0.25, 0.3) is 0 Å². The minimum Gasteiger partial charge on any atom is -0.480 e. The van der Waals surface area contributed by atoms with Crippen molar-refractivity contribution in [1.29, 1.82) is 0 Å². The summed E-state index contributed by atoms with van der Waals surface area (Å²) >= 11 is 0. The molecule has 7 nitrogen and oxygen atoms in total. The van der Waals surface area contributed by atoms with E-state index in [4.69, 9.17) is 9.47 Å². The van der Waals surface area contributed by atoms with E-state index in [0.29, 0.717) is 13.0 Å². The topological polar surface area (TPSA) is 80.2 Å². The molecule has 0 fully saturated rings. The average molecular weight is 317 g/mol. The van der Waals surface area contributed by atoms with Gasteiger partial charge in [0.1, 0.15) is 11.9 Å². The summed E-state index contributed by atoms with van der Waals surface area (Å²) in [5.74, 6) is 0.268. The van der Waals surface area contributed by atoms with E-state index in [9.17, 15) is 9.59 Å². The van der Waals surface area contributed by atoms with E-state index >= 15 is 0 Å². The van der Waals surface area contributed by atoms with Crippen molar-refractivity contribution in [2.45, 2.75) is 25.6 Å². The van der Waals surface area contributed by atoms with Gasteiger partial charge in [0.2, 0.25) is 5.84 Å². The van der Waals surface area contributed by atoms with Crippen LogP contribution >= 0.6 is 0 Å². The molecule has 0 saturated carbocycles. The number of carbonyl (C=O) groups is 2. The SMILES string of the molecule is CCOC(=O)C1=NC(NC(=O)C2Cc3ccccc3O2)CN1C. The second-order valence-electron chi connectivity index (χ2n) is 5.50. The molecule has 0 aliphatic carbocycles. The largest absolute Gasteiger partial charge is 0.480 e. The fourth-order valence-corrected chi connectivity index (χ4v) is 2.70. The summed E-state index contributed by atoms with van der Waals surface area (Å²) in [7, 11) is 1.74. The highest BCUT2D eigenvalue weighted by molar-refractivity contribution is 6.35. The van der Waals surface area contributed by atoms with Crippen LogP contribution in [0.4, 0.5) is 0 Å². The Kier molecular flexibility index (Phi) is 4.18. The molecule has 2 unspecified atom stereocenters. The number of nitrogens with one attached hydrogen (secondary N) is 1. The fraction of sp³-hybridized carbons (Fsp3) is 0.438. The standard InChI is InChI=1S/C16H19N3O4/c1-3-22-16(21)14-17-13(9-19(14)2)18-15(20)12-8-10-6-4-5-7-11(10)23-12/h4-7,12-13H,3,8-9H2,1-2H3,(H,18,20). The van der Waals surface area contributed by atoms with Gasteiger partial charge in [0.25, 0.3) is 5.91 Å². The van der Waals surface area contributed by atoms with Crippen molar-refractivity contribution in [1.82, 2.24) is 10.2 Å². The van der Waals surface area contributed by atoms with Crippen LogP contribution in [0.1, 0.15) is 12.5 Å². The van der Waals surface area contributed by atoms with E-state index in [-0.39, 0.29) is 18.3 Å². The molecule has 23 heavy (non-hydrogen) atoms. The molecule has 2 heterocycles. The molecule has 2 atom stereocenters. The molecule has 0 bridgehead atoms. The van der Waals surface area contributed by atoms with Crippen LogP contribution in [0.5, 0.6) is 5.75 Å². The Morgan fingerprint density at radius 3 is 2.96 bits per heavy atom. The minimum absolute atomic E-state index is 0.228. The molecule has 1 amide bonds. The number of para-hydroxylation sites is 1. The molecule has 122 valence electrons. The van der Waals surface area contributed by atoms with Gasteiger partial charge in [-0.25, -0.2) is 9.79 Å². The Balaban J connectivity index is 1.60. The van der Waals surface area contributed by atoms with Crippen LogP contribution in [0, 0.1) is 0 Å². The number of nitrogens with zero attached hydrogens (tertiary/aromatic N) is 2. The zero-order valence-electron chi connectivity index (χ0n) is 13.1. The number of hydrogen-bond acceptors (Lipinski definition) is 6. The zero-order valence-corrected chi connectivity index (χ0v) is 13.1. The molecule has 0 radical (unpaired) electrons. The summed E-state index contributed by atoms with van der Waals surface area (Å²) in [5, 5.41) is 2.81. The summed E-state index contributed by atoms with van der Waals surface area (Å²) in [6.07, 6.45) is -0.488. The molecule has 7 heteroatoms. The predicted molar refractivity (Wildman–Crippen MR) is 83.2 cm³/mol. The third kappa shape index (κ3) is 3.13. The number of ether oxygens (including phenoxy) is 2. The maximum absolute atomic E-state index is 12.3. The number of carbonyl (C=O) groups excluding carboxylic acids is 2. The second-order valence-corrected chi connectivity index (χ2v) is 5.50. The van der Waals surface area contributed by atoms with Crippen LogP contribution in [0.3, 0.4) is 0 Å². The van der Waals surface area contributed by atoms with Crippen LogP contribution in [0.2, 0.25) is 0 Å². The lowest BCUT2D eigenvalue weighted by Crippen LogP contribution is -2.44. The Morgan fingerprint density at radius 1 is 1.43 bits per heavy atom. The maximum Gasteiger partial charge on any atom is 0.373 e. The number of rotatable bonds is 4. The van der Waals surface area contributed by atoms with Gasteiger partial charge in [-0.1, -0.05) is 18.2 Å². The maximum atomic E-state index is 12.3. The number of fused-ring (bicyclic) bond motifs is 1. The lowest BCUT2D eigenvalue weighted by Gasteiger charge is -2.16. The average Bonchev–Trinajstić information content (AvgIpc) is 3.11. The molecule has 1 aromatic rings. The summed E-state index contributed by atoms with van der Waals surface area (Å²) in [6.45, 7) is 2.46. The number of amidine groups is 1. The number of likely N-dealkylation sites (N-methyl/N-ethyl adjacent to an activating group) is 1. The van der Waals surface area contributed by atoms with Crippen molar-refractivity contribution < 1.29 is 19.1 Å². The third-order valence-electron chi connectivity index (χ3n) is 3.79. The monoisotopic (exact) mass is 317 g/mol. The van der Waals surface area contributed by atoms with Crippen LogP contribution in [-0.2, 0) is 20.7 Å². The van der Waals surface area contributed by atoms with Crippen LogP contribution in [-0.4, -0.2) is 55.1 Å². The van der Waals surface area contributed by atoms with E-state index in [2.05, 4.69) is 10.3 Å². The Labute approximate surface area is 134 Å². The number of hydrogen-bond donors (Lipinski definition) is 1. The van der Waals surface area contributed by atoms with Crippen molar-refractivity contribution in [2.24, 2.45) is 4.99 Å². The van der Waals surface area contributed by atoms with Crippen molar-refractivity contribution in [2.75, 3.05) is 20.2 Å². The smallest absolute Gasteiger partial charge is 0.373 e. The number of aliphatic imine (C=N–C) groups is 1. The molecular formula is C16H19N3O4.